The molecule has 1 saturated heterocycles. The highest BCUT2D eigenvalue weighted by atomic mass is 32.2. The molecule has 290 valence electrons. The van der Waals surface area contributed by atoms with Gasteiger partial charge in [0.05, 0.1) is 18.8 Å². The smallest absolute Gasteiger partial charge is 0.220 e. The Morgan fingerprint density at radius 1 is 0.648 bits per heavy atom. The van der Waals surface area contributed by atoms with E-state index in [1.165, 1.54) is 70.6 Å². The van der Waals surface area contributed by atoms with Crippen molar-refractivity contribution in [3.63, 3.8) is 0 Å². The van der Waals surface area contributed by atoms with Gasteiger partial charge in [-0.2, -0.15) is 0 Å². The fraction of sp³-hybridized carbons (Fsp3) is 0.468. The van der Waals surface area contributed by atoms with Crippen LogP contribution in [-0.2, 0) is 27.4 Å². The van der Waals surface area contributed by atoms with Gasteiger partial charge < -0.3 is 25.0 Å². The van der Waals surface area contributed by atoms with Crippen LogP contribution >= 0.6 is 11.8 Å². The molecule has 0 aliphatic carbocycles. The molecule has 4 aromatic carbocycles. The van der Waals surface area contributed by atoms with Crippen molar-refractivity contribution in [1.29, 1.82) is 0 Å². The molecule has 0 saturated carbocycles. The van der Waals surface area contributed by atoms with Crippen molar-refractivity contribution >= 4 is 17.7 Å². The lowest BCUT2D eigenvalue weighted by molar-refractivity contribution is -0.255. The lowest BCUT2D eigenvalue weighted by atomic mass is 9.84. The molecular weight excluding hydrogens is 691 g/mol. The molecule has 4 atom stereocenters. The first-order valence-electron chi connectivity index (χ1n) is 20.4. The van der Waals surface area contributed by atoms with E-state index in [9.17, 15) is 15.0 Å². The van der Waals surface area contributed by atoms with Crippen LogP contribution in [0.3, 0.4) is 0 Å². The number of rotatable bonds is 23. The third-order valence-corrected chi connectivity index (χ3v) is 11.6. The van der Waals surface area contributed by atoms with Gasteiger partial charge in [0.15, 0.2) is 6.29 Å². The molecule has 0 radical (unpaired) electrons. The van der Waals surface area contributed by atoms with Gasteiger partial charge in [0.1, 0.15) is 5.75 Å². The topological polar surface area (TPSA) is 88.0 Å². The zero-order valence-corrected chi connectivity index (χ0v) is 33.0. The number of amides is 1. The summed E-state index contributed by atoms with van der Waals surface area (Å²) >= 11 is 1.70. The Bertz CT molecular complexity index is 1610. The normalized spacial score (nSPS) is 18.4. The van der Waals surface area contributed by atoms with E-state index in [1.807, 2.05) is 78.9 Å². The number of nitrogens with one attached hydrogen (secondary N) is 1. The van der Waals surface area contributed by atoms with Crippen LogP contribution in [0.4, 0.5) is 0 Å². The lowest BCUT2D eigenvalue weighted by Gasteiger charge is -2.43. The van der Waals surface area contributed by atoms with E-state index < -0.39 is 6.29 Å². The Morgan fingerprint density at radius 2 is 1.22 bits per heavy atom. The number of benzene rings is 4. The van der Waals surface area contributed by atoms with Crippen molar-refractivity contribution < 1.29 is 24.5 Å². The molecule has 0 spiro atoms. The first kappa shape index (κ1) is 41.5. The second-order valence-electron chi connectivity index (χ2n) is 14.7. The standard InChI is InChI=1S/C47H61NO5S/c1-2-3-4-5-6-7-8-9-10-11-12-13-17-20-44(51)48-33-36-21-27-40(28-22-36)47-52-43(35-54-42-31-29-41(50)30-32-42)45(38-18-15-14-16-19-38)46(53-47)39-25-23-37(34-49)24-26-39/h14-16,18-19,21-32,43,45-47,49-50H,2-13,17,20,33-35H2,1H3,(H,48,51)/t43-,45-,46+,47?/m1/s1. The Balaban J connectivity index is 1.14. The number of phenolic OH excluding ortho intramolecular Hbond substituents is 1. The summed E-state index contributed by atoms with van der Waals surface area (Å²) in [6.07, 6.45) is 16.3. The van der Waals surface area contributed by atoms with E-state index >= 15 is 0 Å². The van der Waals surface area contributed by atoms with Gasteiger partial charge in [0, 0.05) is 35.1 Å². The third-order valence-electron chi connectivity index (χ3n) is 10.5. The summed E-state index contributed by atoms with van der Waals surface area (Å²) < 4.78 is 13.7. The van der Waals surface area contributed by atoms with Gasteiger partial charge in [-0.25, -0.2) is 0 Å². The van der Waals surface area contributed by atoms with Crippen LogP contribution in [0.1, 0.15) is 143 Å². The van der Waals surface area contributed by atoms with Crippen molar-refractivity contribution in [2.75, 3.05) is 5.75 Å². The number of hydrogen-bond donors (Lipinski definition) is 3. The van der Waals surface area contributed by atoms with Crippen LogP contribution in [-0.4, -0.2) is 28.0 Å². The number of phenols is 1. The van der Waals surface area contributed by atoms with Crippen molar-refractivity contribution in [2.24, 2.45) is 0 Å². The van der Waals surface area contributed by atoms with Gasteiger partial charge in [-0.1, -0.05) is 163 Å². The fourth-order valence-corrected chi connectivity index (χ4v) is 8.23. The zero-order valence-electron chi connectivity index (χ0n) is 32.2. The molecule has 54 heavy (non-hydrogen) atoms. The van der Waals surface area contributed by atoms with Crippen molar-refractivity contribution in [3.05, 3.63) is 131 Å². The molecule has 1 unspecified atom stereocenters. The van der Waals surface area contributed by atoms with E-state index in [2.05, 4.69) is 24.4 Å². The summed E-state index contributed by atoms with van der Waals surface area (Å²) in [5, 5.41) is 22.6. The van der Waals surface area contributed by atoms with Gasteiger partial charge in [-0.05, 0) is 52.9 Å². The number of unbranched alkanes of at least 4 members (excludes halogenated alkanes) is 12. The highest BCUT2D eigenvalue weighted by Crippen LogP contribution is 2.48. The summed E-state index contributed by atoms with van der Waals surface area (Å²) in [6.45, 7) is 2.75. The largest absolute Gasteiger partial charge is 0.508 e. The van der Waals surface area contributed by atoms with Crippen molar-refractivity contribution in [1.82, 2.24) is 5.32 Å². The first-order valence-corrected chi connectivity index (χ1v) is 21.4. The quantitative estimate of drug-likeness (QED) is 0.0517. The Hall–Kier alpha value is -3.62. The summed E-state index contributed by atoms with van der Waals surface area (Å²) in [5.41, 5.74) is 4.96. The monoisotopic (exact) mass is 751 g/mol. The van der Waals surface area contributed by atoms with Crippen LogP contribution in [0.15, 0.2) is 108 Å². The van der Waals surface area contributed by atoms with Crippen molar-refractivity contribution in [3.8, 4) is 5.75 Å². The minimum atomic E-state index is -0.600. The lowest BCUT2D eigenvalue weighted by Crippen LogP contribution is -2.38. The molecule has 7 heteroatoms. The molecule has 1 fully saturated rings. The molecule has 1 aliphatic rings. The number of aliphatic hydroxyl groups excluding tert-OH is 1. The molecule has 1 heterocycles. The second kappa shape index (κ2) is 23.3. The predicted molar refractivity (Wildman–Crippen MR) is 220 cm³/mol. The average molecular weight is 752 g/mol. The molecule has 1 aliphatic heterocycles. The summed E-state index contributed by atoms with van der Waals surface area (Å²) in [6, 6.07) is 33.8. The summed E-state index contributed by atoms with van der Waals surface area (Å²) in [4.78, 5) is 13.7. The number of aromatic hydroxyl groups is 1. The van der Waals surface area contributed by atoms with E-state index in [4.69, 9.17) is 9.47 Å². The zero-order chi connectivity index (χ0) is 37.8. The number of thioether (sulfide) groups is 1. The number of ether oxygens (including phenoxy) is 2. The van der Waals surface area contributed by atoms with E-state index in [0.29, 0.717) is 18.7 Å². The minimum absolute atomic E-state index is 0.0161. The van der Waals surface area contributed by atoms with E-state index in [-0.39, 0.29) is 36.4 Å². The van der Waals surface area contributed by atoms with Crippen LogP contribution in [0.2, 0.25) is 0 Å². The average Bonchev–Trinajstić information content (AvgIpc) is 3.21. The maximum absolute atomic E-state index is 12.6. The highest BCUT2D eigenvalue weighted by molar-refractivity contribution is 7.99. The Labute approximate surface area is 328 Å². The summed E-state index contributed by atoms with van der Waals surface area (Å²) in [5.74, 6) is 0.945. The van der Waals surface area contributed by atoms with Gasteiger partial charge in [0.2, 0.25) is 5.91 Å². The summed E-state index contributed by atoms with van der Waals surface area (Å²) in [7, 11) is 0. The number of carbonyl (C=O) groups is 1. The number of hydrogen-bond acceptors (Lipinski definition) is 6. The molecule has 6 nitrogen and oxygen atoms in total. The fourth-order valence-electron chi connectivity index (χ4n) is 7.26. The maximum atomic E-state index is 12.6. The molecule has 3 N–H and O–H groups in total. The molecule has 0 bridgehead atoms. The predicted octanol–water partition coefficient (Wildman–Crippen LogP) is 11.7. The SMILES string of the molecule is CCCCCCCCCCCCCCCC(=O)NCc1ccc(C2O[C@H](CSc3ccc(O)cc3)[C@@H](c3ccccc3)[C@H](c3ccc(CO)cc3)O2)cc1. The van der Waals surface area contributed by atoms with Crippen LogP contribution in [0.5, 0.6) is 5.75 Å². The highest BCUT2D eigenvalue weighted by Gasteiger charge is 2.41. The molecule has 5 rings (SSSR count). The molecule has 4 aromatic rings. The minimum Gasteiger partial charge on any atom is -0.508 e. The van der Waals surface area contributed by atoms with Gasteiger partial charge in [-0.15, -0.1) is 11.8 Å². The Morgan fingerprint density at radius 3 is 1.83 bits per heavy atom. The van der Waals surface area contributed by atoms with E-state index in [0.717, 1.165) is 45.6 Å². The molecule has 1 amide bonds. The van der Waals surface area contributed by atoms with Gasteiger partial charge in [0.25, 0.3) is 0 Å². The van der Waals surface area contributed by atoms with Gasteiger partial charge >= 0.3 is 0 Å². The van der Waals surface area contributed by atoms with Crippen molar-refractivity contribution in [2.45, 2.75) is 139 Å². The number of carbonyl (C=O) groups excluding carboxylic acids is 1. The number of aliphatic hydroxyl groups is 1. The molecule has 0 aromatic heterocycles. The van der Waals surface area contributed by atoms with Gasteiger partial charge in [-0.3, -0.25) is 4.79 Å². The van der Waals surface area contributed by atoms with Crippen LogP contribution < -0.4 is 5.32 Å². The Kier molecular flexibility index (Phi) is 18.0. The second-order valence-corrected chi connectivity index (χ2v) is 15.8. The third kappa shape index (κ3) is 13.6. The maximum Gasteiger partial charge on any atom is 0.220 e. The first-order chi connectivity index (χ1) is 26.5. The molecular formula is C47H61NO5S. The van der Waals surface area contributed by atoms with E-state index in [1.54, 1.807) is 23.9 Å². The van der Waals surface area contributed by atoms with Crippen LogP contribution in [0.25, 0.3) is 0 Å². The van der Waals surface area contributed by atoms with Crippen LogP contribution in [0, 0.1) is 0 Å².